The summed E-state index contributed by atoms with van der Waals surface area (Å²) < 4.78 is 5.12. The molecule has 0 aromatic heterocycles. The molecule has 3 rings (SSSR count). The predicted molar refractivity (Wildman–Crippen MR) is 104 cm³/mol. The molecule has 1 saturated heterocycles. The Kier molecular flexibility index (Phi) is 4.96. The lowest BCUT2D eigenvalue weighted by Gasteiger charge is -2.22. The Hall–Kier alpha value is -3.55. The normalized spacial score (nSPS) is 18.6. The molecule has 1 aliphatic heterocycles. The Balaban J connectivity index is 1.81. The van der Waals surface area contributed by atoms with E-state index >= 15 is 0 Å². The van der Waals surface area contributed by atoms with Gasteiger partial charge in [0.1, 0.15) is 11.3 Å². The minimum Gasteiger partial charge on any atom is -0.497 e. The van der Waals surface area contributed by atoms with Crippen LogP contribution in [0.15, 0.2) is 48.5 Å². The van der Waals surface area contributed by atoms with Crippen molar-refractivity contribution < 1.29 is 19.1 Å². The summed E-state index contributed by atoms with van der Waals surface area (Å²) >= 11 is 0. The van der Waals surface area contributed by atoms with Crippen molar-refractivity contribution in [3.8, 4) is 5.75 Å². The molecule has 0 aliphatic carbocycles. The summed E-state index contributed by atoms with van der Waals surface area (Å²) in [5.41, 5.74) is 2.85. The van der Waals surface area contributed by atoms with Crippen molar-refractivity contribution in [2.24, 2.45) is 0 Å². The van der Waals surface area contributed by atoms with E-state index in [-0.39, 0.29) is 0 Å². The molecule has 8 nitrogen and oxygen atoms in total. The van der Waals surface area contributed by atoms with Crippen LogP contribution in [0.1, 0.15) is 22.8 Å². The number of anilines is 1. The molecule has 1 fully saturated rings. The molecule has 0 spiro atoms. The zero-order valence-electron chi connectivity index (χ0n) is 16.1. The second kappa shape index (κ2) is 7.22. The highest BCUT2D eigenvalue weighted by Crippen LogP contribution is 2.29. The van der Waals surface area contributed by atoms with E-state index in [1.165, 1.54) is 0 Å². The topological polar surface area (TPSA) is 91.0 Å². The number of urea groups is 1. The van der Waals surface area contributed by atoms with Crippen LogP contribution < -0.4 is 20.4 Å². The molecule has 2 aromatic carbocycles. The van der Waals surface area contributed by atoms with Gasteiger partial charge in [-0.1, -0.05) is 18.2 Å². The van der Waals surface area contributed by atoms with E-state index in [9.17, 15) is 14.4 Å². The number of rotatable bonds is 5. The van der Waals surface area contributed by atoms with Gasteiger partial charge in [0.2, 0.25) is 0 Å². The van der Waals surface area contributed by atoms with Gasteiger partial charge in [-0.2, -0.15) is 5.01 Å². The van der Waals surface area contributed by atoms with Gasteiger partial charge in [-0.25, -0.2) is 4.79 Å². The Bertz CT molecular complexity index is 926. The Morgan fingerprint density at radius 2 is 1.82 bits per heavy atom. The number of imide groups is 1. The average Bonchev–Trinajstić information content (AvgIpc) is 2.92. The van der Waals surface area contributed by atoms with E-state index in [1.807, 2.05) is 25.1 Å². The maximum absolute atomic E-state index is 12.9. The molecule has 146 valence electrons. The Labute approximate surface area is 163 Å². The van der Waals surface area contributed by atoms with Crippen LogP contribution in [0.4, 0.5) is 10.5 Å². The lowest BCUT2D eigenvalue weighted by Crippen LogP contribution is -2.47. The quantitative estimate of drug-likeness (QED) is 0.771. The van der Waals surface area contributed by atoms with Crippen LogP contribution in [0.3, 0.4) is 0 Å². The SMILES string of the molecule is COc1ccc([C@]2(C)NC(=O)N(NC(=O)c3cccc(N(C)C)c3)C2=O)cc1. The smallest absolute Gasteiger partial charge is 0.344 e. The molecular formula is C20H22N4O4. The summed E-state index contributed by atoms with van der Waals surface area (Å²) in [6.45, 7) is 1.59. The summed E-state index contributed by atoms with van der Waals surface area (Å²) in [5.74, 6) is -0.485. The highest BCUT2D eigenvalue weighted by atomic mass is 16.5. The van der Waals surface area contributed by atoms with Gasteiger partial charge >= 0.3 is 6.03 Å². The lowest BCUT2D eigenvalue weighted by molar-refractivity contribution is -0.132. The van der Waals surface area contributed by atoms with Gasteiger partial charge in [-0.3, -0.25) is 15.0 Å². The van der Waals surface area contributed by atoms with E-state index in [2.05, 4.69) is 10.7 Å². The van der Waals surface area contributed by atoms with Gasteiger partial charge in [0.05, 0.1) is 7.11 Å². The molecule has 0 radical (unpaired) electrons. The van der Waals surface area contributed by atoms with Crippen LogP contribution >= 0.6 is 0 Å². The highest BCUT2D eigenvalue weighted by molar-refractivity contribution is 6.09. The van der Waals surface area contributed by atoms with Crippen molar-refractivity contribution in [3.05, 3.63) is 59.7 Å². The maximum atomic E-state index is 12.9. The second-order valence-electron chi connectivity index (χ2n) is 6.81. The van der Waals surface area contributed by atoms with Crippen LogP contribution in [0, 0.1) is 0 Å². The van der Waals surface area contributed by atoms with Crippen LogP contribution in [0.5, 0.6) is 5.75 Å². The van der Waals surface area contributed by atoms with Crippen LogP contribution in [-0.4, -0.2) is 44.1 Å². The molecule has 1 heterocycles. The summed E-state index contributed by atoms with van der Waals surface area (Å²) in [7, 11) is 5.26. The number of hydrogen-bond donors (Lipinski definition) is 2. The average molecular weight is 382 g/mol. The van der Waals surface area contributed by atoms with Gasteiger partial charge in [0, 0.05) is 25.3 Å². The highest BCUT2D eigenvalue weighted by Gasteiger charge is 2.50. The van der Waals surface area contributed by atoms with Crippen molar-refractivity contribution in [1.82, 2.24) is 15.8 Å². The number of carbonyl (C=O) groups is 3. The Morgan fingerprint density at radius 1 is 1.14 bits per heavy atom. The number of hydrogen-bond acceptors (Lipinski definition) is 5. The van der Waals surface area contributed by atoms with Crippen LogP contribution in [0.2, 0.25) is 0 Å². The van der Waals surface area contributed by atoms with Crippen molar-refractivity contribution in [2.45, 2.75) is 12.5 Å². The van der Waals surface area contributed by atoms with Gasteiger partial charge in [0.25, 0.3) is 11.8 Å². The van der Waals surface area contributed by atoms with Gasteiger partial charge in [-0.15, -0.1) is 0 Å². The van der Waals surface area contributed by atoms with Crippen molar-refractivity contribution in [1.29, 1.82) is 0 Å². The molecule has 4 amide bonds. The zero-order chi connectivity index (χ0) is 20.5. The molecular weight excluding hydrogens is 360 g/mol. The molecule has 2 N–H and O–H groups in total. The number of nitrogens with zero attached hydrogens (tertiary/aromatic N) is 2. The first kappa shape index (κ1) is 19.2. The summed E-state index contributed by atoms with van der Waals surface area (Å²) in [6.07, 6.45) is 0. The van der Waals surface area contributed by atoms with E-state index < -0.39 is 23.4 Å². The lowest BCUT2D eigenvalue weighted by atomic mass is 9.92. The molecule has 8 heteroatoms. The first-order valence-corrected chi connectivity index (χ1v) is 8.66. The van der Waals surface area contributed by atoms with Gasteiger partial charge < -0.3 is 15.0 Å². The van der Waals surface area contributed by atoms with E-state index in [1.54, 1.807) is 56.5 Å². The fraction of sp³-hybridized carbons (Fsp3) is 0.250. The third kappa shape index (κ3) is 3.36. The predicted octanol–water partition coefficient (Wildman–Crippen LogP) is 1.87. The molecule has 0 saturated carbocycles. The third-order valence-electron chi connectivity index (χ3n) is 4.70. The molecule has 28 heavy (non-hydrogen) atoms. The van der Waals surface area contributed by atoms with Crippen molar-refractivity contribution in [3.63, 3.8) is 0 Å². The molecule has 1 atom stereocenters. The van der Waals surface area contributed by atoms with Crippen molar-refractivity contribution >= 4 is 23.5 Å². The Morgan fingerprint density at radius 3 is 2.43 bits per heavy atom. The zero-order valence-corrected chi connectivity index (χ0v) is 16.1. The minimum atomic E-state index is -1.29. The largest absolute Gasteiger partial charge is 0.497 e. The van der Waals surface area contributed by atoms with Crippen LogP contribution in [0.25, 0.3) is 0 Å². The maximum Gasteiger partial charge on any atom is 0.344 e. The number of nitrogens with one attached hydrogen (secondary N) is 2. The molecule has 0 unspecified atom stereocenters. The second-order valence-corrected chi connectivity index (χ2v) is 6.81. The number of methoxy groups -OCH3 is 1. The standard InChI is InChI=1S/C20H22N4O4/c1-20(14-8-10-16(28-4)11-9-14)18(26)24(19(27)21-20)22-17(25)13-6-5-7-15(12-13)23(2)3/h5-12H,1-4H3,(H,21,27)(H,22,25)/t20-/m0/s1. The van der Waals surface area contributed by atoms with Gasteiger partial charge in [0.15, 0.2) is 0 Å². The third-order valence-corrected chi connectivity index (χ3v) is 4.70. The fourth-order valence-corrected chi connectivity index (χ4v) is 2.95. The fourth-order valence-electron chi connectivity index (χ4n) is 2.95. The van der Waals surface area contributed by atoms with Gasteiger partial charge in [-0.05, 0) is 42.8 Å². The number of amides is 4. The summed E-state index contributed by atoms with van der Waals surface area (Å²) in [4.78, 5) is 39.7. The summed E-state index contributed by atoms with van der Waals surface area (Å²) in [5, 5.41) is 3.36. The van der Waals surface area contributed by atoms with E-state index in [4.69, 9.17) is 4.74 Å². The number of ether oxygens (including phenoxy) is 1. The monoisotopic (exact) mass is 382 g/mol. The molecule has 1 aliphatic rings. The first-order chi connectivity index (χ1) is 13.3. The summed E-state index contributed by atoms with van der Waals surface area (Å²) in [6, 6.07) is 13.0. The molecule has 2 aromatic rings. The molecule has 0 bridgehead atoms. The first-order valence-electron chi connectivity index (χ1n) is 8.66. The number of benzene rings is 2. The van der Waals surface area contributed by atoms with E-state index in [0.717, 1.165) is 10.7 Å². The number of carbonyl (C=O) groups excluding carboxylic acids is 3. The van der Waals surface area contributed by atoms with Crippen molar-refractivity contribution in [2.75, 3.05) is 26.1 Å². The van der Waals surface area contributed by atoms with Crippen LogP contribution in [-0.2, 0) is 10.3 Å². The van der Waals surface area contributed by atoms with E-state index in [0.29, 0.717) is 16.9 Å². The minimum absolute atomic E-state index is 0.338. The number of hydrazine groups is 1.